The van der Waals surface area contributed by atoms with Crippen LogP contribution in [0.3, 0.4) is 0 Å². The van der Waals surface area contributed by atoms with E-state index >= 15 is 0 Å². The minimum absolute atomic E-state index is 0.638. The summed E-state index contributed by atoms with van der Waals surface area (Å²) in [6.45, 7) is 0. The highest BCUT2D eigenvalue weighted by atomic mass is 15.0. The quantitative estimate of drug-likeness (QED) is 0.190. The third kappa shape index (κ3) is 3.78. The normalized spacial score (nSPS) is 13.2. The van der Waals surface area contributed by atoms with Gasteiger partial charge in [0.15, 0.2) is 0 Å². The molecule has 0 atom stereocenters. The third-order valence-electron chi connectivity index (χ3n) is 10.7. The number of nitriles is 2. The lowest BCUT2D eigenvalue weighted by atomic mass is 9.61. The van der Waals surface area contributed by atoms with E-state index in [0.29, 0.717) is 11.1 Å². The highest BCUT2D eigenvalue weighted by Gasteiger charge is 2.48. The molecule has 1 aromatic heterocycles. The fraction of sp³-hybridized carbons (Fsp3) is 0.0213. The molecular weight excluding hydrogens is 607 g/mol. The van der Waals surface area contributed by atoms with E-state index in [-0.39, 0.29) is 0 Å². The van der Waals surface area contributed by atoms with Crippen molar-refractivity contribution in [3.63, 3.8) is 0 Å². The zero-order valence-electron chi connectivity index (χ0n) is 26.9. The smallest absolute Gasteiger partial charge is 0.0991 e. The van der Waals surface area contributed by atoms with E-state index < -0.39 is 5.41 Å². The van der Waals surface area contributed by atoms with Crippen molar-refractivity contribution < 1.29 is 0 Å². The summed E-state index contributed by atoms with van der Waals surface area (Å²) in [6.07, 6.45) is 4.50. The Hall–Kier alpha value is -6.94. The molecule has 2 aliphatic rings. The lowest BCUT2D eigenvalue weighted by Gasteiger charge is -2.43. The number of rotatable bonds is 2. The number of aromatic nitrogens is 1. The van der Waals surface area contributed by atoms with E-state index in [1.54, 1.807) is 0 Å². The Morgan fingerprint density at radius 3 is 1.64 bits per heavy atom. The van der Waals surface area contributed by atoms with Crippen molar-refractivity contribution in [2.24, 2.45) is 0 Å². The van der Waals surface area contributed by atoms with Crippen LogP contribution in [0.1, 0.15) is 44.5 Å². The Labute approximate surface area is 289 Å². The first-order valence-electron chi connectivity index (χ1n) is 16.8. The zero-order chi connectivity index (χ0) is 33.4. The van der Waals surface area contributed by atoms with Crippen LogP contribution < -0.4 is 0 Å². The highest BCUT2D eigenvalue weighted by molar-refractivity contribution is 6.12. The predicted molar refractivity (Wildman–Crippen MR) is 202 cm³/mol. The van der Waals surface area contributed by atoms with Crippen molar-refractivity contribution in [3.8, 4) is 40.1 Å². The summed E-state index contributed by atoms with van der Waals surface area (Å²) >= 11 is 0. The van der Waals surface area contributed by atoms with Crippen LogP contribution in [0.4, 0.5) is 0 Å². The molecule has 0 saturated carbocycles. The standard InChI is InChI=1S/C47H27N3/c48-28-30-8-5-10-34(24-30)36-22-20-32-18-19-33-21-23-37(35-11-6-9-31(25-35)29-49)27-43(33)47(42(32)26-36)40-14-2-4-17-45(40)50-44-16-3-1-12-38(44)39-13-7-15-41(47)46(39)50/h1-27H. The van der Waals surface area contributed by atoms with E-state index in [9.17, 15) is 10.5 Å². The maximum atomic E-state index is 9.77. The van der Waals surface area contributed by atoms with Gasteiger partial charge in [0.1, 0.15) is 0 Å². The van der Waals surface area contributed by atoms with Crippen LogP contribution in [0, 0.1) is 22.7 Å². The molecule has 2 heterocycles. The van der Waals surface area contributed by atoms with Gasteiger partial charge >= 0.3 is 0 Å². The van der Waals surface area contributed by atoms with Gasteiger partial charge in [0.25, 0.3) is 0 Å². The monoisotopic (exact) mass is 633 g/mol. The minimum atomic E-state index is -0.708. The fourth-order valence-corrected chi connectivity index (χ4v) is 8.56. The van der Waals surface area contributed by atoms with Crippen LogP contribution in [0.15, 0.2) is 152 Å². The molecule has 0 N–H and O–H groups in total. The second-order valence-corrected chi connectivity index (χ2v) is 13.1. The summed E-state index contributed by atoms with van der Waals surface area (Å²) in [7, 11) is 0. The second-order valence-electron chi connectivity index (χ2n) is 13.1. The van der Waals surface area contributed by atoms with Crippen molar-refractivity contribution in [1.82, 2.24) is 4.57 Å². The van der Waals surface area contributed by atoms with Crippen LogP contribution in [0.5, 0.6) is 0 Å². The molecule has 50 heavy (non-hydrogen) atoms. The molecule has 3 heteroatoms. The molecule has 8 aromatic rings. The molecule has 0 unspecified atom stereocenters. The van der Waals surface area contributed by atoms with Gasteiger partial charge in [-0.3, -0.25) is 0 Å². The van der Waals surface area contributed by atoms with Crippen molar-refractivity contribution in [2.45, 2.75) is 5.41 Å². The van der Waals surface area contributed by atoms with Gasteiger partial charge < -0.3 is 4.57 Å². The van der Waals surface area contributed by atoms with E-state index in [1.807, 2.05) is 36.4 Å². The van der Waals surface area contributed by atoms with Crippen LogP contribution >= 0.6 is 0 Å². The van der Waals surface area contributed by atoms with Crippen LogP contribution in [-0.2, 0) is 5.41 Å². The van der Waals surface area contributed by atoms with Gasteiger partial charge in [-0.1, -0.05) is 115 Å². The molecule has 0 bridgehead atoms. The first kappa shape index (κ1) is 28.1. The van der Waals surface area contributed by atoms with Gasteiger partial charge in [-0.25, -0.2) is 0 Å². The van der Waals surface area contributed by atoms with Crippen LogP contribution in [0.25, 0.3) is 61.9 Å². The molecule has 1 aliphatic carbocycles. The average Bonchev–Trinajstić information content (AvgIpc) is 3.45. The Bertz CT molecular complexity index is 2740. The Kier molecular flexibility index (Phi) is 5.92. The van der Waals surface area contributed by atoms with E-state index in [4.69, 9.17) is 0 Å². The number of nitrogens with zero attached hydrogens (tertiary/aromatic N) is 3. The molecule has 7 aromatic carbocycles. The molecule has 0 saturated heterocycles. The molecule has 230 valence electrons. The summed E-state index contributed by atoms with van der Waals surface area (Å²) in [5, 5.41) is 22.0. The summed E-state index contributed by atoms with van der Waals surface area (Å²) < 4.78 is 2.46. The molecule has 0 fully saturated rings. The molecule has 3 nitrogen and oxygen atoms in total. The fourth-order valence-electron chi connectivity index (χ4n) is 8.56. The van der Waals surface area contributed by atoms with Crippen LogP contribution in [-0.4, -0.2) is 4.57 Å². The number of para-hydroxylation sites is 3. The summed E-state index contributed by atoms with van der Waals surface area (Å²) in [6, 6.07) is 58.3. The first-order valence-corrected chi connectivity index (χ1v) is 16.8. The maximum Gasteiger partial charge on any atom is 0.0991 e. The SMILES string of the molecule is N#Cc1cccc(-c2ccc3c(c2)C2(c4cc(-c5cccc(C#N)c5)ccc4C=C3)c3ccccc3-n3c4ccccc4c4cccc2c43)c1. The predicted octanol–water partition coefficient (Wildman–Crippen LogP) is 11.0. The van der Waals surface area contributed by atoms with Crippen molar-refractivity contribution in [2.75, 3.05) is 0 Å². The number of hydrogen-bond acceptors (Lipinski definition) is 2. The molecule has 1 aliphatic heterocycles. The van der Waals surface area contributed by atoms with E-state index in [0.717, 1.165) is 39.1 Å². The Morgan fingerprint density at radius 2 is 0.980 bits per heavy atom. The lowest BCUT2D eigenvalue weighted by molar-refractivity contribution is 0.726. The number of benzene rings is 7. The maximum absolute atomic E-state index is 9.77. The second kappa shape index (κ2) is 10.5. The van der Waals surface area contributed by atoms with Crippen molar-refractivity contribution >= 4 is 34.0 Å². The minimum Gasteiger partial charge on any atom is -0.309 e. The van der Waals surface area contributed by atoms with E-state index in [1.165, 1.54) is 44.1 Å². The topological polar surface area (TPSA) is 52.5 Å². The number of fused-ring (bicyclic) bond motifs is 11. The van der Waals surface area contributed by atoms with E-state index in [2.05, 4.69) is 144 Å². The molecule has 1 spiro atoms. The zero-order valence-corrected chi connectivity index (χ0v) is 26.9. The van der Waals surface area contributed by atoms with Crippen molar-refractivity contribution in [1.29, 1.82) is 10.5 Å². The Balaban J connectivity index is 1.40. The summed E-state index contributed by atoms with van der Waals surface area (Å²) in [5.41, 5.74) is 15.4. The summed E-state index contributed by atoms with van der Waals surface area (Å²) in [4.78, 5) is 0. The first-order chi connectivity index (χ1) is 24.7. The third-order valence-corrected chi connectivity index (χ3v) is 10.7. The largest absolute Gasteiger partial charge is 0.309 e. The summed E-state index contributed by atoms with van der Waals surface area (Å²) in [5.74, 6) is 0. The highest BCUT2D eigenvalue weighted by Crippen LogP contribution is 2.57. The molecular formula is C47H27N3. The van der Waals surface area contributed by atoms with Gasteiger partial charge in [-0.15, -0.1) is 0 Å². The van der Waals surface area contributed by atoms with Crippen molar-refractivity contribution in [3.05, 3.63) is 196 Å². The van der Waals surface area contributed by atoms with Gasteiger partial charge in [0.05, 0.1) is 45.4 Å². The molecule has 10 rings (SSSR count). The van der Waals surface area contributed by atoms with Gasteiger partial charge in [0.2, 0.25) is 0 Å². The number of hydrogen-bond donors (Lipinski definition) is 0. The van der Waals surface area contributed by atoms with Gasteiger partial charge in [-0.05, 0) is 104 Å². The van der Waals surface area contributed by atoms with Gasteiger partial charge in [0, 0.05) is 10.8 Å². The van der Waals surface area contributed by atoms with Gasteiger partial charge in [-0.2, -0.15) is 10.5 Å². The Morgan fingerprint density at radius 1 is 0.440 bits per heavy atom. The molecule has 0 radical (unpaired) electrons. The average molecular weight is 634 g/mol. The van der Waals surface area contributed by atoms with Crippen LogP contribution in [0.2, 0.25) is 0 Å². The molecule has 0 amide bonds. The lowest BCUT2D eigenvalue weighted by Crippen LogP contribution is -2.36.